The van der Waals surface area contributed by atoms with Crippen molar-refractivity contribution < 1.29 is 4.39 Å². The van der Waals surface area contributed by atoms with Gasteiger partial charge in [0.15, 0.2) is 0 Å². The average Bonchev–Trinajstić information content (AvgIpc) is 3.27. The molecule has 172 valence electrons. The maximum Gasteiger partial charge on any atom is 0.228 e. The molecule has 0 radical (unpaired) electrons. The highest BCUT2D eigenvalue weighted by Gasteiger charge is 2.26. The number of piperazine rings is 1. The van der Waals surface area contributed by atoms with E-state index >= 15 is 0 Å². The van der Waals surface area contributed by atoms with E-state index < -0.39 is 5.82 Å². The molecule has 0 amide bonds. The SMILES string of the molecule is CC1CCCN1c1nc(-c2ccc(F)c(Cl)c2)cc(N2CCN(c3ncccc3Cl)CC2)n1. The molecule has 4 heterocycles. The van der Waals surface area contributed by atoms with Crippen molar-refractivity contribution in [1.29, 1.82) is 0 Å². The molecule has 2 aliphatic rings. The van der Waals surface area contributed by atoms with Crippen LogP contribution in [-0.4, -0.2) is 53.7 Å². The van der Waals surface area contributed by atoms with Crippen LogP contribution >= 0.6 is 23.2 Å². The monoisotopic (exact) mass is 486 g/mol. The lowest BCUT2D eigenvalue weighted by Gasteiger charge is -2.36. The Morgan fingerprint density at radius 2 is 1.73 bits per heavy atom. The third-order valence-corrected chi connectivity index (χ3v) is 6.95. The third-order valence-electron chi connectivity index (χ3n) is 6.37. The van der Waals surface area contributed by atoms with Gasteiger partial charge in [0.05, 0.1) is 15.7 Å². The third kappa shape index (κ3) is 4.57. The van der Waals surface area contributed by atoms with Crippen LogP contribution in [0.15, 0.2) is 42.6 Å². The van der Waals surface area contributed by atoms with E-state index in [1.807, 2.05) is 18.2 Å². The maximum atomic E-state index is 13.8. The summed E-state index contributed by atoms with van der Waals surface area (Å²) in [5, 5.41) is 0.748. The fraction of sp³-hybridized carbons (Fsp3) is 0.375. The van der Waals surface area contributed by atoms with Gasteiger partial charge >= 0.3 is 0 Å². The Kier molecular flexibility index (Phi) is 6.25. The lowest BCUT2D eigenvalue weighted by atomic mass is 10.1. The van der Waals surface area contributed by atoms with Crippen molar-refractivity contribution in [2.45, 2.75) is 25.8 Å². The zero-order valence-corrected chi connectivity index (χ0v) is 19.9. The molecule has 2 fully saturated rings. The Hall–Kier alpha value is -2.64. The van der Waals surface area contributed by atoms with Gasteiger partial charge in [0.1, 0.15) is 17.5 Å². The molecular weight excluding hydrogens is 462 g/mol. The summed E-state index contributed by atoms with van der Waals surface area (Å²) < 4.78 is 13.8. The highest BCUT2D eigenvalue weighted by Crippen LogP contribution is 2.31. The lowest BCUT2D eigenvalue weighted by molar-refractivity contribution is 0.628. The summed E-state index contributed by atoms with van der Waals surface area (Å²) in [6.45, 7) is 6.26. The first-order valence-corrected chi connectivity index (χ1v) is 12.0. The first-order valence-electron chi connectivity index (χ1n) is 11.2. The molecule has 0 spiro atoms. The number of halogens is 3. The summed E-state index contributed by atoms with van der Waals surface area (Å²) in [5.41, 5.74) is 1.52. The van der Waals surface area contributed by atoms with Crippen molar-refractivity contribution in [2.75, 3.05) is 47.4 Å². The number of hydrogen-bond acceptors (Lipinski definition) is 6. The van der Waals surface area contributed by atoms with Crippen molar-refractivity contribution in [3.63, 3.8) is 0 Å². The van der Waals surface area contributed by atoms with Gasteiger partial charge in [0, 0.05) is 56.6 Å². The van der Waals surface area contributed by atoms with Crippen LogP contribution in [0.4, 0.5) is 22.0 Å². The largest absolute Gasteiger partial charge is 0.353 e. The van der Waals surface area contributed by atoms with Gasteiger partial charge in [0.25, 0.3) is 0 Å². The van der Waals surface area contributed by atoms with Crippen molar-refractivity contribution in [2.24, 2.45) is 0 Å². The Bertz CT molecular complexity index is 1150. The first kappa shape index (κ1) is 22.2. The van der Waals surface area contributed by atoms with Crippen molar-refractivity contribution >= 4 is 40.8 Å². The van der Waals surface area contributed by atoms with E-state index in [1.54, 1.807) is 18.3 Å². The summed E-state index contributed by atoms with van der Waals surface area (Å²) >= 11 is 12.4. The molecule has 2 aliphatic heterocycles. The van der Waals surface area contributed by atoms with Gasteiger partial charge in [-0.25, -0.2) is 14.4 Å². The minimum Gasteiger partial charge on any atom is -0.353 e. The van der Waals surface area contributed by atoms with Gasteiger partial charge in [-0.15, -0.1) is 0 Å². The number of rotatable bonds is 4. The van der Waals surface area contributed by atoms with Crippen molar-refractivity contribution in [3.05, 3.63) is 58.5 Å². The topological polar surface area (TPSA) is 48.4 Å². The van der Waals surface area contributed by atoms with Crippen LogP contribution in [0, 0.1) is 5.82 Å². The predicted octanol–water partition coefficient (Wildman–Crippen LogP) is 5.30. The molecule has 0 saturated carbocycles. The van der Waals surface area contributed by atoms with Crippen LogP contribution in [0.5, 0.6) is 0 Å². The molecular formula is C24H25Cl2FN6. The standard InChI is InChI=1S/C24H25Cl2FN6/c1-16-4-3-9-33(16)24-29-21(17-6-7-20(27)19(26)14-17)15-22(30-24)31-10-12-32(13-11-31)23-18(25)5-2-8-28-23/h2,5-8,14-16H,3-4,9-13H2,1H3. The zero-order valence-electron chi connectivity index (χ0n) is 18.4. The molecule has 0 bridgehead atoms. The fourth-order valence-corrected chi connectivity index (χ4v) is 4.93. The number of nitrogens with zero attached hydrogens (tertiary/aromatic N) is 6. The normalized spacial score (nSPS) is 18.8. The number of aromatic nitrogens is 3. The molecule has 1 aromatic carbocycles. The van der Waals surface area contributed by atoms with Crippen LogP contribution < -0.4 is 14.7 Å². The molecule has 33 heavy (non-hydrogen) atoms. The van der Waals surface area contributed by atoms with E-state index in [1.165, 1.54) is 6.07 Å². The van der Waals surface area contributed by atoms with Gasteiger partial charge in [-0.3, -0.25) is 0 Å². The minimum atomic E-state index is -0.438. The number of pyridine rings is 1. The van der Waals surface area contributed by atoms with Crippen LogP contribution in [0.3, 0.4) is 0 Å². The van der Waals surface area contributed by atoms with E-state index in [-0.39, 0.29) is 5.02 Å². The van der Waals surface area contributed by atoms with Gasteiger partial charge < -0.3 is 14.7 Å². The van der Waals surface area contributed by atoms with Gasteiger partial charge in [-0.05, 0) is 50.1 Å². The first-order chi connectivity index (χ1) is 16.0. The quantitative estimate of drug-likeness (QED) is 0.498. The van der Waals surface area contributed by atoms with Crippen LogP contribution in [0.2, 0.25) is 10.0 Å². The van der Waals surface area contributed by atoms with E-state index in [2.05, 4.69) is 26.6 Å². The second kappa shape index (κ2) is 9.31. The molecule has 1 atom stereocenters. The Labute approximate surface area is 203 Å². The van der Waals surface area contributed by atoms with Gasteiger partial charge in [-0.2, -0.15) is 4.98 Å². The summed E-state index contributed by atoms with van der Waals surface area (Å²) in [5.74, 6) is 1.95. The molecule has 9 heteroatoms. The molecule has 3 aromatic rings. The highest BCUT2D eigenvalue weighted by molar-refractivity contribution is 6.33. The van der Waals surface area contributed by atoms with E-state index in [0.717, 1.165) is 68.5 Å². The van der Waals surface area contributed by atoms with Crippen molar-refractivity contribution in [1.82, 2.24) is 15.0 Å². The van der Waals surface area contributed by atoms with Crippen LogP contribution in [0.25, 0.3) is 11.3 Å². The maximum absolute atomic E-state index is 13.8. The van der Waals surface area contributed by atoms with Crippen LogP contribution in [-0.2, 0) is 0 Å². The average molecular weight is 487 g/mol. The summed E-state index contributed by atoms with van der Waals surface area (Å²) in [6, 6.07) is 10.8. The Morgan fingerprint density at radius 1 is 0.939 bits per heavy atom. The summed E-state index contributed by atoms with van der Waals surface area (Å²) in [7, 11) is 0. The lowest BCUT2D eigenvalue weighted by Crippen LogP contribution is -2.47. The predicted molar refractivity (Wildman–Crippen MR) is 132 cm³/mol. The molecule has 6 nitrogen and oxygen atoms in total. The summed E-state index contributed by atoms with van der Waals surface area (Å²) in [4.78, 5) is 20.9. The van der Waals surface area contributed by atoms with Crippen molar-refractivity contribution in [3.8, 4) is 11.3 Å². The number of benzene rings is 1. The molecule has 2 aromatic heterocycles. The summed E-state index contributed by atoms with van der Waals surface area (Å²) in [6.07, 6.45) is 4.01. The van der Waals surface area contributed by atoms with Gasteiger partial charge in [0.2, 0.25) is 5.95 Å². The second-order valence-corrected chi connectivity index (χ2v) is 9.32. The van der Waals surface area contributed by atoms with Crippen LogP contribution in [0.1, 0.15) is 19.8 Å². The fourth-order valence-electron chi connectivity index (χ4n) is 4.50. The van der Waals surface area contributed by atoms with E-state index in [9.17, 15) is 4.39 Å². The van der Waals surface area contributed by atoms with Gasteiger partial charge in [-0.1, -0.05) is 23.2 Å². The molecule has 1 unspecified atom stereocenters. The molecule has 2 saturated heterocycles. The molecule has 0 N–H and O–H groups in total. The minimum absolute atomic E-state index is 0.0876. The molecule has 5 rings (SSSR count). The number of anilines is 3. The Morgan fingerprint density at radius 3 is 2.42 bits per heavy atom. The highest BCUT2D eigenvalue weighted by atomic mass is 35.5. The smallest absolute Gasteiger partial charge is 0.228 e. The number of hydrogen-bond donors (Lipinski definition) is 0. The Balaban J connectivity index is 1.45. The zero-order chi connectivity index (χ0) is 22.9. The van der Waals surface area contributed by atoms with E-state index in [4.69, 9.17) is 33.2 Å². The second-order valence-electron chi connectivity index (χ2n) is 8.51. The van der Waals surface area contributed by atoms with E-state index in [0.29, 0.717) is 17.0 Å². The molecule has 0 aliphatic carbocycles.